The number of carbonyl (C=O) groups is 3. The summed E-state index contributed by atoms with van der Waals surface area (Å²) in [5, 5.41) is 6.45. The monoisotopic (exact) mass is 634 g/mol. The number of benzene rings is 1. The van der Waals surface area contributed by atoms with Crippen LogP contribution in [0.3, 0.4) is 0 Å². The van der Waals surface area contributed by atoms with Crippen molar-refractivity contribution in [1.29, 1.82) is 0 Å². The number of ether oxygens (including phenoxy) is 1. The van der Waals surface area contributed by atoms with Crippen molar-refractivity contribution in [2.75, 3.05) is 70.0 Å². The third-order valence-corrected chi connectivity index (χ3v) is 9.86. The molecular weight excluding hydrogens is 584 g/mol. The fraction of sp³-hybridized carbons (Fsp3) is 0.588. The molecule has 1 aromatic heterocycles. The molecule has 12 nitrogen and oxygen atoms in total. The zero-order chi connectivity index (χ0) is 31.3. The second-order valence-electron chi connectivity index (χ2n) is 12.7. The lowest BCUT2D eigenvalue weighted by Gasteiger charge is -2.41. The molecule has 0 unspecified atom stereocenters. The Balaban J connectivity index is 0.00000417. The van der Waals surface area contributed by atoms with E-state index < -0.39 is 12.2 Å². The molecule has 0 aliphatic carbocycles. The third-order valence-electron chi connectivity index (χ3n) is 9.86. The molecule has 3 fully saturated rings. The Bertz CT molecular complexity index is 1370. The van der Waals surface area contributed by atoms with E-state index in [2.05, 4.69) is 20.5 Å². The van der Waals surface area contributed by atoms with Crippen molar-refractivity contribution >= 4 is 29.5 Å². The molecule has 250 valence electrons. The first-order valence-corrected chi connectivity index (χ1v) is 16.4. The normalized spacial score (nSPS) is 20.6. The largest absolute Gasteiger partial charge is 0.436 e. The average Bonchev–Trinajstić information content (AvgIpc) is 3.24. The standard InChI is InChI=1S/C33H46N8O4.CH4/c1-23-20-24(22-36-30(23)34)21-29(31(42)39-13-7-26(8-14-39)38-18-11-35-12-19-38)45-33(44)40-15-9-27(10-16-40)41-17-6-25-4-2-3-5-28(25)37-32(41)43;/h2-5,20,22,26-27,29,35H,6-19,21H2,1H3,(H2,34,36)(H,37,43);1H4/t29-;/m1./s1. The number of urea groups is 1. The summed E-state index contributed by atoms with van der Waals surface area (Å²) in [5.74, 6) is 0.283. The molecule has 46 heavy (non-hydrogen) atoms. The Morgan fingerprint density at radius 2 is 1.65 bits per heavy atom. The molecule has 12 heteroatoms. The van der Waals surface area contributed by atoms with Crippen molar-refractivity contribution in [2.45, 2.75) is 71.1 Å². The third kappa shape index (κ3) is 7.72. The van der Waals surface area contributed by atoms with Gasteiger partial charge in [-0.05, 0) is 61.8 Å². The highest BCUT2D eigenvalue weighted by Gasteiger charge is 2.36. The van der Waals surface area contributed by atoms with Crippen molar-refractivity contribution in [3.8, 4) is 0 Å². The van der Waals surface area contributed by atoms with Crippen molar-refractivity contribution in [1.82, 2.24) is 29.9 Å². The van der Waals surface area contributed by atoms with E-state index in [4.69, 9.17) is 10.5 Å². The second kappa shape index (κ2) is 15.1. The molecule has 0 saturated carbocycles. The minimum Gasteiger partial charge on any atom is -0.436 e. The number of aryl methyl sites for hydroxylation is 1. The van der Waals surface area contributed by atoms with Gasteiger partial charge < -0.3 is 35.8 Å². The van der Waals surface area contributed by atoms with Crippen LogP contribution >= 0.6 is 0 Å². The van der Waals surface area contributed by atoms with Crippen LogP contribution in [-0.4, -0.2) is 120 Å². The summed E-state index contributed by atoms with van der Waals surface area (Å²) < 4.78 is 6.01. The van der Waals surface area contributed by atoms with Crippen molar-refractivity contribution in [3.05, 3.63) is 53.2 Å². The van der Waals surface area contributed by atoms with Gasteiger partial charge in [-0.25, -0.2) is 14.6 Å². The fourth-order valence-electron chi connectivity index (χ4n) is 7.15. The number of amides is 4. The molecule has 4 aliphatic heterocycles. The zero-order valence-electron chi connectivity index (χ0n) is 26.2. The van der Waals surface area contributed by atoms with E-state index in [0.29, 0.717) is 57.4 Å². The molecule has 0 radical (unpaired) electrons. The van der Waals surface area contributed by atoms with Crippen LogP contribution in [0.25, 0.3) is 0 Å². The topological polar surface area (TPSA) is 136 Å². The number of nitrogens with zero attached hydrogens (tertiary/aromatic N) is 5. The van der Waals surface area contributed by atoms with Gasteiger partial charge in [-0.3, -0.25) is 9.69 Å². The first kappa shape index (κ1) is 33.5. The molecule has 6 rings (SSSR count). The van der Waals surface area contributed by atoms with Gasteiger partial charge >= 0.3 is 12.1 Å². The first-order valence-electron chi connectivity index (χ1n) is 16.4. The number of fused-ring (bicyclic) bond motifs is 1. The van der Waals surface area contributed by atoms with Crippen LogP contribution < -0.4 is 16.4 Å². The van der Waals surface area contributed by atoms with Gasteiger partial charge in [-0.2, -0.15) is 0 Å². The summed E-state index contributed by atoms with van der Waals surface area (Å²) >= 11 is 0. The number of hydrogen-bond donors (Lipinski definition) is 3. The number of nitrogens with one attached hydrogen (secondary N) is 2. The van der Waals surface area contributed by atoms with Crippen LogP contribution in [-0.2, 0) is 22.4 Å². The smallest absolute Gasteiger partial charge is 0.410 e. The fourth-order valence-corrected chi connectivity index (χ4v) is 7.15. The summed E-state index contributed by atoms with van der Waals surface area (Å²) in [6.07, 6.45) is 4.36. The molecule has 1 aromatic carbocycles. The Hall–Kier alpha value is -3.90. The highest BCUT2D eigenvalue weighted by atomic mass is 16.6. The van der Waals surface area contributed by atoms with E-state index in [-0.39, 0.29) is 31.8 Å². The second-order valence-corrected chi connectivity index (χ2v) is 12.7. The molecule has 4 aliphatic rings. The molecule has 1 atom stereocenters. The maximum Gasteiger partial charge on any atom is 0.410 e. The van der Waals surface area contributed by atoms with E-state index in [0.717, 1.165) is 67.8 Å². The van der Waals surface area contributed by atoms with Crippen LogP contribution in [0.4, 0.5) is 21.1 Å². The van der Waals surface area contributed by atoms with E-state index >= 15 is 0 Å². The first-order chi connectivity index (χ1) is 21.9. The lowest BCUT2D eigenvalue weighted by molar-refractivity contribution is -0.142. The number of likely N-dealkylation sites (tertiary alicyclic amines) is 2. The van der Waals surface area contributed by atoms with Gasteiger partial charge in [-0.1, -0.05) is 31.7 Å². The molecule has 3 saturated heterocycles. The summed E-state index contributed by atoms with van der Waals surface area (Å²) in [4.78, 5) is 52.7. The van der Waals surface area contributed by atoms with Crippen molar-refractivity contribution in [3.63, 3.8) is 0 Å². The Morgan fingerprint density at radius 1 is 0.978 bits per heavy atom. The number of nitrogen functional groups attached to an aromatic ring is 1. The van der Waals surface area contributed by atoms with Gasteiger partial charge in [0.2, 0.25) is 0 Å². The van der Waals surface area contributed by atoms with Crippen LogP contribution in [0.1, 0.15) is 49.8 Å². The molecule has 4 N–H and O–H groups in total. The number of nitrogens with two attached hydrogens (primary N) is 1. The number of pyridine rings is 1. The van der Waals surface area contributed by atoms with Crippen LogP contribution in [0.2, 0.25) is 0 Å². The average molecular weight is 635 g/mol. The van der Waals surface area contributed by atoms with Gasteiger partial charge in [0.25, 0.3) is 5.91 Å². The summed E-state index contributed by atoms with van der Waals surface area (Å²) in [5.41, 5.74) is 9.56. The number of para-hydroxylation sites is 1. The minimum atomic E-state index is -0.953. The maximum atomic E-state index is 13.9. The van der Waals surface area contributed by atoms with Gasteiger partial charge in [0, 0.05) is 89.3 Å². The molecule has 0 spiro atoms. The predicted octanol–water partition coefficient (Wildman–Crippen LogP) is 3.11. The molecule has 5 heterocycles. The molecule has 2 aromatic rings. The van der Waals surface area contributed by atoms with Crippen LogP contribution in [0.15, 0.2) is 36.5 Å². The number of piperidine rings is 2. The van der Waals surface area contributed by atoms with Crippen LogP contribution in [0, 0.1) is 6.92 Å². The van der Waals surface area contributed by atoms with E-state index in [9.17, 15) is 14.4 Å². The Morgan fingerprint density at radius 3 is 2.37 bits per heavy atom. The number of rotatable bonds is 6. The highest BCUT2D eigenvalue weighted by molar-refractivity contribution is 5.91. The number of hydrogen-bond acceptors (Lipinski definition) is 8. The predicted molar refractivity (Wildman–Crippen MR) is 179 cm³/mol. The van der Waals surface area contributed by atoms with Gasteiger partial charge in [-0.15, -0.1) is 0 Å². The SMILES string of the molecule is C.Cc1cc(C[C@@H](OC(=O)N2CCC(N3CCc4ccccc4NC3=O)CC2)C(=O)N2CCC(N3CCNCC3)CC2)cnc1N. The highest BCUT2D eigenvalue weighted by Crippen LogP contribution is 2.26. The van der Waals surface area contributed by atoms with Crippen molar-refractivity contribution in [2.24, 2.45) is 0 Å². The zero-order valence-corrected chi connectivity index (χ0v) is 26.2. The Kier molecular flexibility index (Phi) is 11.0. The lowest BCUT2D eigenvalue weighted by atomic mass is 10.0. The maximum absolute atomic E-state index is 13.9. The molecule has 0 bridgehead atoms. The number of piperazine rings is 1. The van der Waals surface area contributed by atoms with Crippen LogP contribution in [0.5, 0.6) is 0 Å². The van der Waals surface area contributed by atoms with E-state index in [1.54, 1.807) is 11.1 Å². The number of aromatic nitrogens is 1. The van der Waals surface area contributed by atoms with Crippen molar-refractivity contribution < 1.29 is 19.1 Å². The quantitative estimate of drug-likeness (QED) is 0.441. The number of anilines is 2. The Labute approximate surface area is 272 Å². The lowest BCUT2D eigenvalue weighted by Crippen LogP contribution is -2.54. The van der Waals surface area contributed by atoms with Gasteiger partial charge in [0.1, 0.15) is 5.82 Å². The molecule has 4 amide bonds. The van der Waals surface area contributed by atoms with E-state index in [1.165, 1.54) is 0 Å². The van der Waals surface area contributed by atoms with E-state index in [1.807, 2.05) is 47.1 Å². The number of carbonyl (C=O) groups excluding carboxylic acids is 3. The summed E-state index contributed by atoms with van der Waals surface area (Å²) in [6, 6.07) is 10.2. The van der Waals surface area contributed by atoms with Gasteiger partial charge in [0.15, 0.2) is 6.10 Å². The summed E-state index contributed by atoms with van der Waals surface area (Å²) in [7, 11) is 0. The summed E-state index contributed by atoms with van der Waals surface area (Å²) in [6.45, 7) is 8.80. The molecular formula is C34H50N8O4. The minimum absolute atomic E-state index is 0. The van der Waals surface area contributed by atoms with Gasteiger partial charge in [0.05, 0.1) is 0 Å².